The van der Waals surface area contributed by atoms with Gasteiger partial charge in [-0.1, -0.05) is 0 Å². The predicted octanol–water partition coefficient (Wildman–Crippen LogP) is 4.02. The lowest BCUT2D eigenvalue weighted by molar-refractivity contribution is -0.155. The van der Waals surface area contributed by atoms with Crippen LogP contribution in [0.5, 0.6) is 0 Å². The minimum atomic E-state index is -0.923. The van der Waals surface area contributed by atoms with Crippen molar-refractivity contribution in [3.05, 3.63) is 38.6 Å². The maximum atomic E-state index is 14.1. The Morgan fingerprint density at radius 2 is 1.97 bits per heavy atom. The summed E-state index contributed by atoms with van der Waals surface area (Å²) in [7, 11) is 0. The number of rotatable bonds is 5. The summed E-state index contributed by atoms with van der Waals surface area (Å²) >= 11 is 4.68. The Labute approximate surface area is 197 Å². The number of hydrogen-bond acceptors (Lipinski definition) is 6. The van der Waals surface area contributed by atoms with Gasteiger partial charge in [-0.15, -0.1) is 0 Å². The Morgan fingerprint density at radius 1 is 1.31 bits per heavy atom. The SMILES string of the molecule is CC(C)(C)OC(=O)Cn1c(CSC2CCN(C(=O)O)CC2)nc2cc(Br)c(F)cc2c1=O. The average Bonchev–Trinajstić information content (AvgIpc) is 2.69. The topological polar surface area (TPSA) is 102 Å². The van der Waals surface area contributed by atoms with Crippen molar-refractivity contribution in [3.63, 3.8) is 0 Å². The lowest BCUT2D eigenvalue weighted by Crippen LogP contribution is -2.38. The molecule has 1 fully saturated rings. The summed E-state index contributed by atoms with van der Waals surface area (Å²) in [6.45, 7) is 5.78. The van der Waals surface area contributed by atoms with Gasteiger partial charge in [-0.25, -0.2) is 14.2 Å². The minimum absolute atomic E-state index is 0.0813. The van der Waals surface area contributed by atoms with Gasteiger partial charge in [-0.3, -0.25) is 14.2 Å². The van der Waals surface area contributed by atoms with Gasteiger partial charge >= 0.3 is 12.1 Å². The molecule has 1 amide bonds. The Hall–Kier alpha value is -2.14. The molecule has 0 atom stereocenters. The van der Waals surface area contributed by atoms with Crippen LogP contribution < -0.4 is 5.56 Å². The van der Waals surface area contributed by atoms with Gasteiger partial charge < -0.3 is 14.7 Å². The highest BCUT2D eigenvalue weighted by molar-refractivity contribution is 9.10. The number of ether oxygens (including phenoxy) is 1. The van der Waals surface area contributed by atoms with Gasteiger partial charge in [0.25, 0.3) is 5.56 Å². The molecular formula is C21H25BrFN3O5S. The van der Waals surface area contributed by atoms with Crippen LogP contribution in [0.1, 0.15) is 39.4 Å². The lowest BCUT2D eigenvalue weighted by atomic mass is 10.1. The van der Waals surface area contributed by atoms with Crippen LogP contribution in [0.2, 0.25) is 0 Å². The van der Waals surface area contributed by atoms with Crippen LogP contribution >= 0.6 is 27.7 Å². The number of esters is 1. The van der Waals surface area contributed by atoms with Crippen LogP contribution in [0.4, 0.5) is 9.18 Å². The monoisotopic (exact) mass is 529 g/mol. The fourth-order valence-electron chi connectivity index (χ4n) is 3.44. The molecule has 174 valence electrons. The van der Waals surface area contributed by atoms with Crippen LogP contribution in [0, 0.1) is 5.82 Å². The first kappa shape index (κ1) is 24.5. The van der Waals surface area contributed by atoms with Crippen molar-refractivity contribution in [2.45, 2.75) is 56.8 Å². The fraction of sp³-hybridized carbons (Fsp3) is 0.524. The van der Waals surface area contributed by atoms with Crippen molar-refractivity contribution in [2.24, 2.45) is 0 Å². The number of aromatic nitrogens is 2. The second-order valence-electron chi connectivity index (χ2n) is 8.57. The van der Waals surface area contributed by atoms with E-state index in [4.69, 9.17) is 9.84 Å². The van der Waals surface area contributed by atoms with E-state index in [1.165, 1.54) is 15.5 Å². The molecule has 1 aliphatic rings. The van der Waals surface area contributed by atoms with Gasteiger partial charge in [0, 0.05) is 18.3 Å². The number of carboxylic acid groups (broad SMARTS) is 1. The molecule has 1 aliphatic heterocycles. The third kappa shape index (κ3) is 6.00. The number of amides is 1. The van der Waals surface area contributed by atoms with Gasteiger partial charge in [0.15, 0.2) is 0 Å². The minimum Gasteiger partial charge on any atom is -0.465 e. The van der Waals surface area contributed by atoms with E-state index in [1.54, 1.807) is 32.5 Å². The summed E-state index contributed by atoms with van der Waals surface area (Å²) in [5.74, 6) is -0.440. The van der Waals surface area contributed by atoms with E-state index in [9.17, 15) is 18.8 Å². The summed E-state index contributed by atoms with van der Waals surface area (Å²) in [5, 5.41) is 9.39. The first-order chi connectivity index (χ1) is 14.9. The number of carbonyl (C=O) groups excluding carboxylic acids is 1. The number of nitrogens with zero attached hydrogens (tertiary/aromatic N) is 3. The highest BCUT2D eigenvalue weighted by atomic mass is 79.9. The highest BCUT2D eigenvalue weighted by Crippen LogP contribution is 2.27. The zero-order valence-electron chi connectivity index (χ0n) is 18.1. The summed E-state index contributed by atoms with van der Waals surface area (Å²) in [6.07, 6.45) is 0.462. The molecule has 0 unspecified atom stereocenters. The fourth-order valence-corrected chi connectivity index (χ4v) is 4.93. The quantitative estimate of drug-likeness (QED) is 0.583. The smallest absolute Gasteiger partial charge is 0.407 e. The molecule has 1 aromatic heterocycles. The average molecular weight is 530 g/mol. The first-order valence-corrected chi connectivity index (χ1v) is 12.0. The lowest BCUT2D eigenvalue weighted by Gasteiger charge is -2.29. The highest BCUT2D eigenvalue weighted by Gasteiger charge is 2.24. The van der Waals surface area contributed by atoms with E-state index in [1.807, 2.05) is 0 Å². The number of piperidine rings is 1. The van der Waals surface area contributed by atoms with E-state index in [-0.39, 0.29) is 21.7 Å². The number of likely N-dealkylation sites (tertiary alicyclic amines) is 1. The third-order valence-corrected chi connectivity index (χ3v) is 6.92. The Balaban J connectivity index is 1.88. The zero-order valence-corrected chi connectivity index (χ0v) is 20.5. The van der Waals surface area contributed by atoms with Gasteiger partial charge in [-0.2, -0.15) is 11.8 Å². The van der Waals surface area contributed by atoms with Gasteiger partial charge in [-0.05, 0) is 61.7 Å². The first-order valence-electron chi connectivity index (χ1n) is 10.1. The summed E-state index contributed by atoms with van der Waals surface area (Å²) in [4.78, 5) is 42.6. The van der Waals surface area contributed by atoms with Crippen LogP contribution in [0.25, 0.3) is 10.9 Å². The van der Waals surface area contributed by atoms with Crippen molar-refractivity contribution >= 4 is 50.7 Å². The molecule has 0 bridgehead atoms. The van der Waals surface area contributed by atoms with Crippen molar-refractivity contribution < 1.29 is 23.8 Å². The number of carbonyl (C=O) groups is 2. The molecule has 0 saturated carbocycles. The van der Waals surface area contributed by atoms with Gasteiger partial charge in [0.2, 0.25) is 0 Å². The number of fused-ring (bicyclic) bond motifs is 1. The number of thioether (sulfide) groups is 1. The molecule has 32 heavy (non-hydrogen) atoms. The third-order valence-electron chi connectivity index (χ3n) is 4.94. The molecule has 8 nitrogen and oxygen atoms in total. The van der Waals surface area contributed by atoms with Gasteiger partial charge in [0.1, 0.15) is 23.8 Å². The van der Waals surface area contributed by atoms with E-state index < -0.39 is 29.0 Å². The van der Waals surface area contributed by atoms with Crippen molar-refractivity contribution in [3.8, 4) is 0 Å². The molecule has 0 aliphatic carbocycles. The van der Waals surface area contributed by atoms with Crippen molar-refractivity contribution in [2.75, 3.05) is 13.1 Å². The largest absolute Gasteiger partial charge is 0.465 e. The van der Waals surface area contributed by atoms with E-state index in [0.29, 0.717) is 43.0 Å². The molecule has 0 radical (unpaired) electrons. The Bertz CT molecular complexity index is 1090. The molecule has 1 aromatic carbocycles. The summed E-state index contributed by atoms with van der Waals surface area (Å²) < 4.78 is 20.9. The molecule has 2 aromatic rings. The molecule has 1 saturated heterocycles. The standard InChI is InChI=1S/C21H25BrFN3O5S/c1-21(2,3)31-18(27)10-26-17(11-32-12-4-6-25(7-5-12)20(29)30)24-16-9-14(22)15(23)8-13(16)19(26)28/h8-9,12H,4-7,10-11H2,1-3H3,(H,29,30). The van der Waals surface area contributed by atoms with Crippen molar-refractivity contribution in [1.82, 2.24) is 14.5 Å². The molecule has 1 N–H and O–H groups in total. The molecule has 0 spiro atoms. The number of benzene rings is 1. The maximum absolute atomic E-state index is 14.1. The second-order valence-corrected chi connectivity index (χ2v) is 10.7. The maximum Gasteiger partial charge on any atom is 0.407 e. The molecule has 11 heteroatoms. The summed E-state index contributed by atoms with van der Waals surface area (Å²) in [5.41, 5.74) is -0.891. The summed E-state index contributed by atoms with van der Waals surface area (Å²) in [6, 6.07) is 2.56. The normalized spacial score (nSPS) is 15.2. The molecular weight excluding hydrogens is 505 g/mol. The van der Waals surface area contributed by atoms with E-state index in [0.717, 1.165) is 6.07 Å². The van der Waals surface area contributed by atoms with E-state index >= 15 is 0 Å². The zero-order chi connectivity index (χ0) is 23.6. The second kappa shape index (κ2) is 9.78. The van der Waals surface area contributed by atoms with Crippen LogP contribution in [0.15, 0.2) is 21.4 Å². The molecule has 3 rings (SSSR count). The van der Waals surface area contributed by atoms with E-state index in [2.05, 4.69) is 20.9 Å². The van der Waals surface area contributed by atoms with Crippen LogP contribution in [-0.4, -0.2) is 55.6 Å². The van der Waals surface area contributed by atoms with Crippen LogP contribution in [0.3, 0.4) is 0 Å². The van der Waals surface area contributed by atoms with Crippen molar-refractivity contribution in [1.29, 1.82) is 0 Å². The Morgan fingerprint density at radius 3 is 2.56 bits per heavy atom. The number of halogens is 2. The predicted molar refractivity (Wildman–Crippen MR) is 123 cm³/mol. The van der Waals surface area contributed by atoms with Crippen LogP contribution in [-0.2, 0) is 21.8 Å². The number of hydrogen-bond donors (Lipinski definition) is 1. The Kier molecular flexibility index (Phi) is 7.49. The van der Waals surface area contributed by atoms with Gasteiger partial charge in [0.05, 0.1) is 21.1 Å². The molecule has 2 heterocycles.